The number of benzene rings is 1. The number of aromatic amines is 1. The molecule has 0 saturated heterocycles. The van der Waals surface area contributed by atoms with E-state index in [0.717, 1.165) is 17.5 Å². The molecule has 0 bridgehead atoms. The van der Waals surface area contributed by atoms with Crippen molar-refractivity contribution < 1.29 is 0 Å². The van der Waals surface area contributed by atoms with Crippen LogP contribution in [0.4, 0.5) is 0 Å². The highest BCUT2D eigenvalue weighted by atomic mass is 15.1. The van der Waals surface area contributed by atoms with E-state index in [2.05, 4.69) is 23.2 Å². The molecule has 3 nitrogen and oxygen atoms in total. The quantitative estimate of drug-likeness (QED) is 0.728. The number of H-pyrrole nitrogens is 1. The number of aromatic nitrogens is 2. The lowest BCUT2D eigenvalue weighted by Gasteiger charge is -1.96. The summed E-state index contributed by atoms with van der Waals surface area (Å²) in [5, 5.41) is 8.42. The summed E-state index contributed by atoms with van der Waals surface area (Å²) in [4.78, 5) is 0. The molecule has 0 aliphatic carbocycles. The monoisotopic (exact) mass is 175 g/mol. The molecule has 0 amide bonds. The fourth-order valence-corrected chi connectivity index (χ4v) is 1.51. The maximum atomic E-state index is 5.57. The van der Waals surface area contributed by atoms with Gasteiger partial charge in [-0.25, -0.2) is 0 Å². The minimum Gasteiger partial charge on any atom is -0.326 e. The second kappa shape index (κ2) is 3.18. The number of nitrogens with two attached hydrogens (primary N) is 1. The van der Waals surface area contributed by atoms with Gasteiger partial charge < -0.3 is 5.73 Å². The Labute approximate surface area is 76.9 Å². The van der Waals surface area contributed by atoms with Gasteiger partial charge in [-0.15, -0.1) is 0 Å². The number of aryl methyl sites for hydroxylation is 1. The highest BCUT2D eigenvalue weighted by molar-refractivity contribution is 5.81. The van der Waals surface area contributed by atoms with Crippen molar-refractivity contribution in [2.45, 2.75) is 19.9 Å². The largest absolute Gasteiger partial charge is 0.326 e. The fraction of sp³-hybridized carbons (Fsp3) is 0.300. The van der Waals surface area contributed by atoms with Crippen LogP contribution in [0.5, 0.6) is 0 Å². The maximum absolute atomic E-state index is 5.57. The van der Waals surface area contributed by atoms with Crippen LogP contribution >= 0.6 is 0 Å². The number of fused-ring (bicyclic) bond motifs is 1. The van der Waals surface area contributed by atoms with Crippen molar-refractivity contribution in [3.8, 4) is 0 Å². The first-order chi connectivity index (χ1) is 6.35. The Morgan fingerprint density at radius 3 is 3.00 bits per heavy atom. The van der Waals surface area contributed by atoms with Crippen LogP contribution in [0.3, 0.4) is 0 Å². The first-order valence-corrected chi connectivity index (χ1v) is 4.51. The fourth-order valence-electron chi connectivity index (χ4n) is 1.51. The van der Waals surface area contributed by atoms with Crippen molar-refractivity contribution in [2.75, 3.05) is 0 Å². The zero-order valence-corrected chi connectivity index (χ0v) is 7.67. The van der Waals surface area contributed by atoms with Crippen molar-refractivity contribution in [1.29, 1.82) is 0 Å². The van der Waals surface area contributed by atoms with E-state index < -0.39 is 0 Å². The number of hydrogen-bond acceptors (Lipinski definition) is 2. The van der Waals surface area contributed by atoms with Crippen molar-refractivity contribution in [2.24, 2.45) is 5.73 Å². The van der Waals surface area contributed by atoms with Crippen molar-refractivity contribution in [3.63, 3.8) is 0 Å². The predicted octanol–water partition coefficient (Wildman–Crippen LogP) is 1.58. The second-order valence-corrected chi connectivity index (χ2v) is 3.11. The Morgan fingerprint density at radius 2 is 2.31 bits per heavy atom. The SMILES string of the molecule is CCc1[nH]nc2ccc(CN)cc12. The number of nitrogens with one attached hydrogen (secondary N) is 1. The molecule has 0 aliphatic rings. The summed E-state index contributed by atoms with van der Waals surface area (Å²) in [6.07, 6.45) is 0.977. The second-order valence-electron chi connectivity index (χ2n) is 3.11. The summed E-state index contributed by atoms with van der Waals surface area (Å²) in [5.74, 6) is 0. The Hall–Kier alpha value is -1.35. The minimum atomic E-state index is 0.588. The van der Waals surface area contributed by atoms with E-state index in [-0.39, 0.29) is 0 Å². The lowest BCUT2D eigenvalue weighted by molar-refractivity contribution is 0.988. The first-order valence-electron chi connectivity index (χ1n) is 4.51. The van der Waals surface area contributed by atoms with Crippen LogP contribution in [0.2, 0.25) is 0 Å². The van der Waals surface area contributed by atoms with Gasteiger partial charge in [0.05, 0.1) is 5.52 Å². The van der Waals surface area contributed by atoms with Crippen LogP contribution in [-0.2, 0) is 13.0 Å². The van der Waals surface area contributed by atoms with E-state index in [1.165, 1.54) is 11.1 Å². The third-order valence-electron chi connectivity index (χ3n) is 2.29. The summed E-state index contributed by atoms with van der Waals surface area (Å²) in [5.41, 5.74) is 8.93. The van der Waals surface area contributed by atoms with Gasteiger partial charge >= 0.3 is 0 Å². The molecule has 0 saturated carbocycles. The number of hydrogen-bond donors (Lipinski definition) is 2. The minimum absolute atomic E-state index is 0.588. The van der Waals surface area contributed by atoms with Crippen LogP contribution in [0.25, 0.3) is 10.9 Å². The van der Waals surface area contributed by atoms with Crippen molar-refractivity contribution >= 4 is 10.9 Å². The molecule has 3 N–H and O–H groups in total. The molecule has 0 atom stereocenters. The standard InChI is InChI=1S/C10H13N3/c1-2-9-8-5-7(6-11)3-4-10(8)13-12-9/h3-5H,2,6,11H2,1H3,(H,12,13). The van der Waals surface area contributed by atoms with Gasteiger partial charge in [-0.1, -0.05) is 13.0 Å². The molecule has 2 aromatic rings. The van der Waals surface area contributed by atoms with Crippen LogP contribution in [0, 0.1) is 0 Å². The number of rotatable bonds is 2. The van der Waals surface area contributed by atoms with Gasteiger partial charge in [0.25, 0.3) is 0 Å². The molecule has 68 valence electrons. The first kappa shape index (κ1) is 8.26. The van der Waals surface area contributed by atoms with E-state index in [1.807, 2.05) is 12.1 Å². The van der Waals surface area contributed by atoms with Gasteiger partial charge in [0, 0.05) is 17.6 Å². The maximum Gasteiger partial charge on any atom is 0.0923 e. The molecule has 0 unspecified atom stereocenters. The topological polar surface area (TPSA) is 54.7 Å². The van der Waals surface area contributed by atoms with E-state index in [1.54, 1.807) is 0 Å². The van der Waals surface area contributed by atoms with Crippen LogP contribution in [-0.4, -0.2) is 10.2 Å². The molecule has 1 aromatic heterocycles. The Kier molecular flexibility index (Phi) is 2.02. The van der Waals surface area contributed by atoms with Gasteiger partial charge in [0.1, 0.15) is 0 Å². The van der Waals surface area contributed by atoms with Gasteiger partial charge in [0.2, 0.25) is 0 Å². The van der Waals surface area contributed by atoms with Crippen LogP contribution in [0.1, 0.15) is 18.2 Å². The molecule has 3 heteroatoms. The van der Waals surface area contributed by atoms with E-state index in [0.29, 0.717) is 6.54 Å². The zero-order chi connectivity index (χ0) is 9.26. The third-order valence-corrected chi connectivity index (χ3v) is 2.29. The average molecular weight is 175 g/mol. The molecule has 0 fully saturated rings. The average Bonchev–Trinajstić information content (AvgIpc) is 2.59. The third kappa shape index (κ3) is 1.31. The lowest BCUT2D eigenvalue weighted by Crippen LogP contribution is -1.95. The Morgan fingerprint density at radius 1 is 1.46 bits per heavy atom. The van der Waals surface area contributed by atoms with Gasteiger partial charge in [-0.05, 0) is 24.1 Å². The van der Waals surface area contributed by atoms with Gasteiger partial charge in [-0.2, -0.15) is 5.10 Å². The highest BCUT2D eigenvalue weighted by Gasteiger charge is 2.03. The Bertz CT molecular complexity index is 417. The van der Waals surface area contributed by atoms with E-state index in [9.17, 15) is 0 Å². The van der Waals surface area contributed by atoms with E-state index >= 15 is 0 Å². The molecule has 2 rings (SSSR count). The van der Waals surface area contributed by atoms with E-state index in [4.69, 9.17) is 5.73 Å². The van der Waals surface area contributed by atoms with Crippen molar-refractivity contribution in [3.05, 3.63) is 29.5 Å². The number of nitrogens with zero attached hydrogens (tertiary/aromatic N) is 1. The molecule has 1 aromatic carbocycles. The van der Waals surface area contributed by atoms with Gasteiger partial charge in [-0.3, -0.25) is 5.10 Å². The summed E-state index contributed by atoms with van der Waals surface area (Å²) >= 11 is 0. The van der Waals surface area contributed by atoms with Crippen LogP contribution in [0.15, 0.2) is 18.2 Å². The van der Waals surface area contributed by atoms with Crippen LogP contribution < -0.4 is 5.73 Å². The predicted molar refractivity (Wildman–Crippen MR) is 53.4 cm³/mol. The smallest absolute Gasteiger partial charge is 0.0923 e. The zero-order valence-electron chi connectivity index (χ0n) is 7.67. The molecule has 1 heterocycles. The molecular weight excluding hydrogens is 162 g/mol. The summed E-state index contributed by atoms with van der Waals surface area (Å²) in [6, 6.07) is 6.13. The summed E-state index contributed by atoms with van der Waals surface area (Å²) in [7, 11) is 0. The summed E-state index contributed by atoms with van der Waals surface area (Å²) in [6.45, 7) is 2.70. The molecular formula is C10H13N3. The molecule has 0 spiro atoms. The van der Waals surface area contributed by atoms with Gasteiger partial charge in [0.15, 0.2) is 0 Å². The summed E-state index contributed by atoms with van der Waals surface area (Å²) < 4.78 is 0. The normalized spacial score (nSPS) is 10.9. The van der Waals surface area contributed by atoms with Crippen molar-refractivity contribution in [1.82, 2.24) is 10.2 Å². The highest BCUT2D eigenvalue weighted by Crippen LogP contribution is 2.17. The molecule has 0 radical (unpaired) electrons. The Balaban J connectivity index is 2.64. The molecule has 13 heavy (non-hydrogen) atoms. The molecule has 0 aliphatic heterocycles. The lowest BCUT2D eigenvalue weighted by atomic mass is 10.1.